The minimum Gasteiger partial charge on any atom is -0.393 e. The SMILES string of the molecule is OC1CC(CNCC2CCCO2)C1. The number of hydrogen-bond donors (Lipinski definition) is 2. The summed E-state index contributed by atoms with van der Waals surface area (Å²) in [7, 11) is 0. The van der Waals surface area contributed by atoms with Crippen molar-refractivity contribution in [3.8, 4) is 0 Å². The van der Waals surface area contributed by atoms with E-state index in [1.54, 1.807) is 0 Å². The molecule has 0 amide bonds. The van der Waals surface area contributed by atoms with Gasteiger partial charge in [0, 0.05) is 13.2 Å². The Morgan fingerprint density at radius 2 is 2.15 bits per heavy atom. The van der Waals surface area contributed by atoms with Crippen LogP contribution in [-0.2, 0) is 4.74 Å². The van der Waals surface area contributed by atoms with Crippen LogP contribution in [0.2, 0.25) is 0 Å². The van der Waals surface area contributed by atoms with E-state index < -0.39 is 0 Å². The minimum absolute atomic E-state index is 0.0190. The third-order valence-electron chi connectivity index (χ3n) is 3.04. The highest BCUT2D eigenvalue weighted by Crippen LogP contribution is 2.26. The van der Waals surface area contributed by atoms with Crippen molar-refractivity contribution in [2.45, 2.75) is 37.9 Å². The van der Waals surface area contributed by atoms with E-state index >= 15 is 0 Å². The van der Waals surface area contributed by atoms with Crippen LogP contribution in [0.3, 0.4) is 0 Å². The fraction of sp³-hybridized carbons (Fsp3) is 1.00. The van der Waals surface area contributed by atoms with E-state index in [9.17, 15) is 0 Å². The quantitative estimate of drug-likeness (QED) is 0.671. The topological polar surface area (TPSA) is 41.5 Å². The zero-order valence-corrected chi connectivity index (χ0v) is 8.04. The molecule has 0 aromatic heterocycles. The van der Waals surface area contributed by atoms with E-state index in [0.29, 0.717) is 12.0 Å². The van der Waals surface area contributed by atoms with Crippen LogP contribution in [0.5, 0.6) is 0 Å². The van der Waals surface area contributed by atoms with Gasteiger partial charge < -0.3 is 15.2 Å². The normalized spacial score (nSPS) is 39.0. The van der Waals surface area contributed by atoms with Crippen molar-refractivity contribution in [1.82, 2.24) is 5.32 Å². The Bertz CT molecular complexity index is 151. The lowest BCUT2D eigenvalue weighted by Gasteiger charge is -2.31. The Kier molecular flexibility index (Phi) is 3.19. The Morgan fingerprint density at radius 1 is 1.31 bits per heavy atom. The van der Waals surface area contributed by atoms with Gasteiger partial charge >= 0.3 is 0 Å². The number of nitrogens with one attached hydrogen (secondary N) is 1. The Morgan fingerprint density at radius 3 is 2.77 bits per heavy atom. The molecular formula is C10H19NO2. The van der Waals surface area contributed by atoms with Crippen molar-refractivity contribution < 1.29 is 9.84 Å². The fourth-order valence-corrected chi connectivity index (χ4v) is 2.12. The highest BCUT2D eigenvalue weighted by Gasteiger charge is 2.26. The molecule has 0 spiro atoms. The van der Waals surface area contributed by atoms with Gasteiger partial charge in [-0.05, 0) is 38.1 Å². The number of rotatable bonds is 4. The molecule has 2 N–H and O–H groups in total. The lowest BCUT2D eigenvalue weighted by atomic mass is 9.82. The predicted molar refractivity (Wildman–Crippen MR) is 50.6 cm³/mol. The molecule has 2 rings (SSSR count). The standard InChI is InChI=1S/C10H19NO2/c12-9-4-8(5-9)6-11-7-10-2-1-3-13-10/h8-12H,1-7H2. The van der Waals surface area contributed by atoms with Gasteiger partial charge in [0.2, 0.25) is 0 Å². The van der Waals surface area contributed by atoms with E-state index in [4.69, 9.17) is 9.84 Å². The van der Waals surface area contributed by atoms with Crippen LogP contribution in [0.1, 0.15) is 25.7 Å². The molecule has 0 aromatic carbocycles. The van der Waals surface area contributed by atoms with Crippen LogP contribution in [0.15, 0.2) is 0 Å². The van der Waals surface area contributed by atoms with Gasteiger partial charge in [0.25, 0.3) is 0 Å². The van der Waals surface area contributed by atoms with Gasteiger partial charge in [-0.1, -0.05) is 0 Å². The lowest BCUT2D eigenvalue weighted by molar-refractivity contribution is 0.0404. The minimum atomic E-state index is -0.0190. The van der Waals surface area contributed by atoms with Crippen LogP contribution < -0.4 is 5.32 Å². The van der Waals surface area contributed by atoms with Crippen LogP contribution in [0.4, 0.5) is 0 Å². The summed E-state index contributed by atoms with van der Waals surface area (Å²) in [5.41, 5.74) is 0. The molecule has 0 radical (unpaired) electrons. The number of ether oxygens (including phenoxy) is 1. The highest BCUT2D eigenvalue weighted by atomic mass is 16.5. The van der Waals surface area contributed by atoms with Crippen LogP contribution in [0.25, 0.3) is 0 Å². The van der Waals surface area contributed by atoms with Gasteiger partial charge in [0.15, 0.2) is 0 Å². The first-order chi connectivity index (χ1) is 6.34. The molecule has 3 heteroatoms. The molecule has 3 nitrogen and oxygen atoms in total. The Hall–Kier alpha value is -0.120. The maximum Gasteiger partial charge on any atom is 0.0700 e. The van der Waals surface area contributed by atoms with Gasteiger partial charge in [-0.2, -0.15) is 0 Å². The lowest BCUT2D eigenvalue weighted by Crippen LogP contribution is -2.38. The fourth-order valence-electron chi connectivity index (χ4n) is 2.12. The summed E-state index contributed by atoms with van der Waals surface area (Å²) < 4.78 is 5.50. The third-order valence-corrected chi connectivity index (χ3v) is 3.04. The van der Waals surface area contributed by atoms with E-state index in [1.165, 1.54) is 12.8 Å². The maximum absolute atomic E-state index is 9.08. The highest BCUT2D eigenvalue weighted by molar-refractivity contribution is 4.80. The predicted octanol–water partition coefficient (Wildman–Crippen LogP) is 0.526. The zero-order valence-electron chi connectivity index (χ0n) is 8.04. The van der Waals surface area contributed by atoms with Crippen molar-refractivity contribution in [1.29, 1.82) is 0 Å². The molecule has 13 heavy (non-hydrogen) atoms. The van der Waals surface area contributed by atoms with Gasteiger partial charge in [0.1, 0.15) is 0 Å². The largest absolute Gasteiger partial charge is 0.393 e. The second-order valence-corrected chi connectivity index (χ2v) is 4.28. The zero-order chi connectivity index (χ0) is 9.10. The van der Waals surface area contributed by atoms with Crippen LogP contribution in [0, 0.1) is 5.92 Å². The van der Waals surface area contributed by atoms with Crippen molar-refractivity contribution >= 4 is 0 Å². The van der Waals surface area contributed by atoms with E-state index in [2.05, 4.69) is 5.32 Å². The first-order valence-electron chi connectivity index (χ1n) is 5.35. The van der Waals surface area contributed by atoms with Crippen molar-refractivity contribution in [2.75, 3.05) is 19.7 Å². The molecule has 2 aliphatic rings. The molecule has 1 unspecified atom stereocenters. The second-order valence-electron chi connectivity index (χ2n) is 4.28. The first-order valence-corrected chi connectivity index (χ1v) is 5.35. The summed E-state index contributed by atoms with van der Waals surface area (Å²) in [6, 6.07) is 0. The number of aliphatic hydroxyl groups is 1. The molecule has 1 saturated carbocycles. The number of aliphatic hydroxyl groups excluding tert-OH is 1. The molecule has 0 aromatic rings. The summed E-state index contributed by atoms with van der Waals surface area (Å²) in [6.07, 6.45) is 4.82. The van der Waals surface area contributed by atoms with E-state index in [-0.39, 0.29) is 6.10 Å². The molecule has 1 saturated heterocycles. The maximum atomic E-state index is 9.08. The van der Waals surface area contributed by atoms with Crippen molar-refractivity contribution in [2.24, 2.45) is 5.92 Å². The Balaban J connectivity index is 1.49. The molecule has 0 bridgehead atoms. The van der Waals surface area contributed by atoms with Gasteiger partial charge in [-0.25, -0.2) is 0 Å². The smallest absolute Gasteiger partial charge is 0.0700 e. The van der Waals surface area contributed by atoms with Gasteiger partial charge in [-0.3, -0.25) is 0 Å². The summed E-state index contributed by atoms with van der Waals surface area (Å²) in [5, 5.41) is 12.5. The summed E-state index contributed by atoms with van der Waals surface area (Å²) in [5.74, 6) is 0.705. The number of hydrogen-bond acceptors (Lipinski definition) is 3. The molecule has 1 aliphatic heterocycles. The second kappa shape index (κ2) is 4.40. The van der Waals surface area contributed by atoms with E-state index in [1.807, 2.05) is 0 Å². The molecular weight excluding hydrogens is 166 g/mol. The first kappa shape index (κ1) is 9.44. The van der Waals surface area contributed by atoms with Crippen molar-refractivity contribution in [3.05, 3.63) is 0 Å². The Labute approximate surface area is 79.5 Å². The van der Waals surface area contributed by atoms with Gasteiger partial charge in [0.05, 0.1) is 12.2 Å². The van der Waals surface area contributed by atoms with Gasteiger partial charge in [-0.15, -0.1) is 0 Å². The third kappa shape index (κ3) is 2.66. The molecule has 76 valence electrons. The average Bonchev–Trinajstić information content (AvgIpc) is 2.53. The molecule has 1 aliphatic carbocycles. The molecule has 1 atom stereocenters. The van der Waals surface area contributed by atoms with E-state index in [0.717, 1.165) is 32.5 Å². The summed E-state index contributed by atoms with van der Waals surface area (Å²) in [6.45, 7) is 2.98. The summed E-state index contributed by atoms with van der Waals surface area (Å²) >= 11 is 0. The monoisotopic (exact) mass is 185 g/mol. The van der Waals surface area contributed by atoms with Crippen molar-refractivity contribution in [3.63, 3.8) is 0 Å². The molecule has 2 fully saturated rings. The average molecular weight is 185 g/mol. The van der Waals surface area contributed by atoms with Crippen LogP contribution in [-0.4, -0.2) is 37.0 Å². The molecule has 1 heterocycles. The summed E-state index contributed by atoms with van der Waals surface area (Å²) in [4.78, 5) is 0. The van der Waals surface area contributed by atoms with Crippen LogP contribution >= 0.6 is 0 Å².